The van der Waals surface area contributed by atoms with Gasteiger partial charge in [-0.25, -0.2) is 18.1 Å². The highest BCUT2D eigenvalue weighted by Gasteiger charge is 2.54. The van der Waals surface area contributed by atoms with Gasteiger partial charge in [0.2, 0.25) is 10.0 Å². The first kappa shape index (κ1) is 22.1. The largest absolute Gasteiger partial charge is 0.360 e. The molecule has 3 aliphatic rings. The van der Waals surface area contributed by atoms with E-state index in [1.807, 2.05) is 29.2 Å². The normalized spacial score (nSPS) is 24.4. The van der Waals surface area contributed by atoms with E-state index in [4.69, 9.17) is 4.52 Å². The first-order chi connectivity index (χ1) is 15.7. The summed E-state index contributed by atoms with van der Waals surface area (Å²) in [6.07, 6.45) is 2.30. The Morgan fingerprint density at radius 2 is 1.85 bits per heavy atom. The Morgan fingerprint density at radius 1 is 1.12 bits per heavy atom. The molecule has 0 saturated carbocycles. The van der Waals surface area contributed by atoms with Crippen molar-refractivity contribution in [2.45, 2.75) is 43.5 Å². The molecule has 1 spiro atoms. The lowest BCUT2D eigenvalue weighted by Gasteiger charge is -2.36. The van der Waals surface area contributed by atoms with Gasteiger partial charge in [0.05, 0.1) is 6.67 Å². The molecule has 2 aliphatic heterocycles. The number of rotatable bonds is 4. The summed E-state index contributed by atoms with van der Waals surface area (Å²) in [4.78, 5) is 29.6. The molecule has 5 rings (SSSR count). The van der Waals surface area contributed by atoms with Crippen molar-refractivity contribution >= 4 is 22.0 Å². The van der Waals surface area contributed by atoms with Gasteiger partial charge in [-0.2, -0.15) is 4.31 Å². The Kier molecular flexibility index (Phi) is 5.30. The molecule has 176 valence electrons. The maximum atomic E-state index is 13.5. The van der Waals surface area contributed by atoms with Gasteiger partial charge in [0, 0.05) is 26.2 Å². The predicted molar refractivity (Wildman–Crippen MR) is 118 cm³/mol. The summed E-state index contributed by atoms with van der Waals surface area (Å²) in [6.45, 7) is 4.64. The summed E-state index contributed by atoms with van der Waals surface area (Å²) < 4.78 is 32.5. The van der Waals surface area contributed by atoms with Gasteiger partial charge >= 0.3 is 6.03 Å². The van der Waals surface area contributed by atoms with Crippen molar-refractivity contribution in [3.8, 4) is 0 Å². The summed E-state index contributed by atoms with van der Waals surface area (Å²) >= 11 is 0. The number of hydrogen-bond donors (Lipinski definition) is 1. The molecule has 1 aromatic carbocycles. The second-order valence-electron chi connectivity index (χ2n) is 8.90. The van der Waals surface area contributed by atoms with E-state index in [9.17, 15) is 18.0 Å². The summed E-state index contributed by atoms with van der Waals surface area (Å²) in [7, 11) is -3.72. The molecular weight excluding hydrogens is 446 g/mol. The fourth-order valence-corrected chi connectivity index (χ4v) is 6.94. The van der Waals surface area contributed by atoms with E-state index in [0.29, 0.717) is 25.2 Å². The van der Waals surface area contributed by atoms with Crippen LogP contribution in [-0.4, -0.2) is 72.5 Å². The molecule has 3 heterocycles. The fourth-order valence-electron chi connectivity index (χ4n) is 5.22. The zero-order valence-electron chi connectivity index (χ0n) is 18.7. The number of urea groups is 1. The Morgan fingerprint density at radius 3 is 2.55 bits per heavy atom. The Labute approximate surface area is 192 Å². The van der Waals surface area contributed by atoms with E-state index in [-0.39, 0.29) is 36.3 Å². The van der Waals surface area contributed by atoms with Crippen LogP contribution in [0.1, 0.15) is 35.4 Å². The maximum absolute atomic E-state index is 13.5. The van der Waals surface area contributed by atoms with Crippen LogP contribution in [0.5, 0.6) is 0 Å². The number of hydrogen-bond acceptors (Lipinski definition) is 7. The van der Waals surface area contributed by atoms with Gasteiger partial charge in [-0.1, -0.05) is 29.4 Å². The van der Waals surface area contributed by atoms with Crippen LogP contribution >= 0.6 is 0 Å². The highest BCUT2D eigenvalue weighted by molar-refractivity contribution is 7.89. The summed E-state index contributed by atoms with van der Waals surface area (Å²) in [6, 6.07) is 7.38. The van der Waals surface area contributed by atoms with E-state index < -0.39 is 21.6 Å². The van der Waals surface area contributed by atoms with Crippen LogP contribution in [0.3, 0.4) is 0 Å². The summed E-state index contributed by atoms with van der Waals surface area (Å²) in [5.41, 5.74) is 1.32. The number of benzene rings is 1. The van der Waals surface area contributed by atoms with Crippen LogP contribution in [0, 0.1) is 13.8 Å². The molecule has 2 aromatic rings. The molecule has 11 heteroatoms. The number of nitrogens with zero attached hydrogens (tertiary/aromatic N) is 4. The molecule has 0 radical (unpaired) electrons. The Hall–Kier alpha value is -2.76. The minimum absolute atomic E-state index is 0.114. The van der Waals surface area contributed by atoms with Gasteiger partial charge in [-0.15, -0.1) is 0 Å². The molecule has 3 amide bonds. The summed E-state index contributed by atoms with van der Waals surface area (Å²) in [5, 5.41) is 6.72. The van der Waals surface area contributed by atoms with Crippen LogP contribution in [0.25, 0.3) is 0 Å². The molecule has 0 unspecified atom stereocenters. The number of aryl methyl sites for hydroxylation is 3. The lowest BCUT2D eigenvalue weighted by molar-refractivity contribution is -0.133. The molecule has 33 heavy (non-hydrogen) atoms. The van der Waals surface area contributed by atoms with Crippen molar-refractivity contribution < 1.29 is 22.5 Å². The van der Waals surface area contributed by atoms with Crippen LogP contribution < -0.4 is 5.32 Å². The monoisotopic (exact) mass is 473 g/mol. The number of amides is 3. The third kappa shape index (κ3) is 3.46. The van der Waals surface area contributed by atoms with Crippen molar-refractivity contribution in [1.29, 1.82) is 0 Å². The Bertz CT molecular complexity index is 1200. The standard InChI is InChI=1S/C22H27N5O5S/c1-15-19(16(2)32-24-15)33(30,31)26-12-10-25(11-13-26)14-27-20(28)22(23-21(27)29)9-5-7-17-6-3-4-8-18(17)22/h3-4,6,8H,5,7,9-14H2,1-2H3,(H,23,29)/t22-/m1/s1. The lowest BCUT2D eigenvalue weighted by atomic mass is 9.76. The number of aromatic nitrogens is 1. The number of carbonyl (C=O) groups excluding carboxylic acids is 2. The first-order valence-corrected chi connectivity index (χ1v) is 12.6. The van der Waals surface area contributed by atoms with E-state index in [0.717, 1.165) is 24.0 Å². The highest BCUT2D eigenvalue weighted by atomic mass is 32.2. The van der Waals surface area contributed by atoms with Crippen LogP contribution in [-0.2, 0) is 26.8 Å². The molecule has 1 atom stereocenters. The highest BCUT2D eigenvalue weighted by Crippen LogP contribution is 2.40. The number of sulfonamides is 1. The quantitative estimate of drug-likeness (QED) is 0.666. The predicted octanol–water partition coefficient (Wildman–Crippen LogP) is 1.34. The van der Waals surface area contributed by atoms with Crippen molar-refractivity contribution in [2.24, 2.45) is 0 Å². The van der Waals surface area contributed by atoms with Crippen molar-refractivity contribution in [3.63, 3.8) is 0 Å². The molecule has 2 fully saturated rings. The van der Waals surface area contributed by atoms with Gasteiger partial charge in [0.25, 0.3) is 5.91 Å². The molecule has 1 aromatic heterocycles. The van der Waals surface area contributed by atoms with Crippen LogP contribution in [0.2, 0.25) is 0 Å². The van der Waals surface area contributed by atoms with E-state index in [2.05, 4.69) is 10.5 Å². The maximum Gasteiger partial charge on any atom is 0.326 e. The van der Waals surface area contributed by atoms with Gasteiger partial charge in [0.1, 0.15) is 16.1 Å². The number of carbonyl (C=O) groups is 2. The SMILES string of the molecule is Cc1noc(C)c1S(=O)(=O)N1CCN(CN2C(=O)N[C@@]3(CCCc4ccccc43)C2=O)CC1. The zero-order chi connectivity index (χ0) is 23.4. The second kappa shape index (κ2) is 7.93. The molecule has 10 nitrogen and oxygen atoms in total. The van der Waals surface area contributed by atoms with Crippen LogP contribution in [0.4, 0.5) is 4.79 Å². The lowest BCUT2D eigenvalue weighted by Crippen LogP contribution is -2.53. The smallest absolute Gasteiger partial charge is 0.326 e. The first-order valence-electron chi connectivity index (χ1n) is 11.1. The molecule has 1 aliphatic carbocycles. The van der Waals surface area contributed by atoms with Crippen molar-refractivity contribution in [3.05, 3.63) is 46.8 Å². The van der Waals surface area contributed by atoms with Crippen LogP contribution in [0.15, 0.2) is 33.7 Å². The third-order valence-corrected chi connectivity index (χ3v) is 9.03. The molecular formula is C22H27N5O5S. The van der Waals surface area contributed by atoms with Crippen molar-refractivity contribution in [1.82, 2.24) is 24.6 Å². The number of nitrogens with one attached hydrogen (secondary N) is 1. The van der Waals surface area contributed by atoms with E-state index in [1.54, 1.807) is 13.8 Å². The summed E-state index contributed by atoms with van der Waals surface area (Å²) in [5.74, 6) is 0.0396. The second-order valence-corrected chi connectivity index (χ2v) is 10.8. The molecule has 1 N–H and O–H groups in total. The van der Waals surface area contributed by atoms with Gasteiger partial charge < -0.3 is 9.84 Å². The number of imide groups is 1. The number of fused-ring (bicyclic) bond motifs is 2. The number of piperazine rings is 1. The molecule has 0 bridgehead atoms. The zero-order valence-corrected chi connectivity index (χ0v) is 19.5. The average molecular weight is 474 g/mol. The van der Waals surface area contributed by atoms with E-state index in [1.165, 1.54) is 9.21 Å². The Balaban J connectivity index is 1.28. The third-order valence-electron chi connectivity index (χ3n) is 6.89. The minimum Gasteiger partial charge on any atom is -0.360 e. The molecule has 2 saturated heterocycles. The minimum atomic E-state index is -3.72. The van der Waals surface area contributed by atoms with Crippen molar-refractivity contribution in [2.75, 3.05) is 32.8 Å². The van der Waals surface area contributed by atoms with Gasteiger partial charge in [-0.3, -0.25) is 9.69 Å². The van der Waals surface area contributed by atoms with Gasteiger partial charge in [0.15, 0.2) is 5.76 Å². The average Bonchev–Trinajstić information content (AvgIpc) is 3.26. The fraction of sp³-hybridized carbons (Fsp3) is 0.500. The van der Waals surface area contributed by atoms with Gasteiger partial charge in [-0.05, 0) is 44.2 Å². The topological polar surface area (TPSA) is 116 Å². The van der Waals surface area contributed by atoms with E-state index >= 15 is 0 Å².